The molecule has 2 aromatic carbocycles. The predicted octanol–water partition coefficient (Wildman–Crippen LogP) is 4.99. The molecule has 1 aromatic heterocycles. The van der Waals surface area contributed by atoms with Gasteiger partial charge in [-0.05, 0) is 57.5 Å². The van der Waals surface area contributed by atoms with E-state index in [1.54, 1.807) is 0 Å². The molecule has 0 bridgehead atoms. The predicted molar refractivity (Wildman–Crippen MR) is 113 cm³/mol. The van der Waals surface area contributed by atoms with E-state index in [0.717, 1.165) is 0 Å². The molecule has 0 fully saturated rings. The molecule has 4 rings (SSSR count). The second kappa shape index (κ2) is 6.73. The maximum atomic E-state index is 2.39. The lowest BCUT2D eigenvalue weighted by Gasteiger charge is -2.33. The summed E-state index contributed by atoms with van der Waals surface area (Å²) in [5.74, 6) is 0. The van der Waals surface area contributed by atoms with Crippen LogP contribution in [0.3, 0.4) is 0 Å². The van der Waals surface area contributed by atoms with Crippen LogP contribution in [0.1, 0.15) is 26.3 Å². The number of aryl methyl sites for hydroxylation is 1. The van der Waals surface area contributed by atoms with Crippen molar-refractivity contribution >= 4 is 16.6 Å². The smallest absolute Gasteiger partial charge is 0.213 e. The number of fused-ring (bicyclic) bond motifs is 1. The third kappa shape index (κ3) is 2.87. The number of hydrogen-bond donors (Lipinski definition) is 0. The average molecular weight is 359 g/mol. The Morgan fingerprint density at radius 1 is 0.926 bits per heavy atom. The van der Waals surface area contributed by atoms with Crippen molar-refractivity contribution in [2.24, 2.45) is 7.05 Å². The summed E-state index contributed by atoms with van der Waals surface area (Å²) in [7, 11) is 2.16. The summed E-state index contributed by atoms with van der Waals surface area (Å²) in [5, 5.41) is 1.27. The molecule has 27 heavy (non-hydrogen) atoms. The SMILES string of the molecule is Cc1c(-c2ccc3ccccc3[n+]2C)cccc1N1C=CN(C(C)C)[C@H]1C. The third-order valence-electron chi connectivity index (χ3n) is 5.77. The van der Waals surface area contributed by atoms with E-state index in [-0.39, 0.29) is 0 Å². The first-order valence-electron chi connectivity index (χ1n) is 9.71. The molecule has 3 nitrogen and oxygen atoms in total. The first-order chi connectivity index (χ1) is 13.0. The minimum Gasteiger partial charge on any atom is -0.353 e. The van der Waals surface area contributed by atoms with Crippen LogP contribution in [0, 0.1) is 6.92 Å². The minimum atomic E-state index is 0.323. The Kier molecular flexibility index (Phi) is 4.39. The lowest BCUT2D eigenvalue weighted by atomic mass is 10.0. The standard InChI is InChI=1S/C24H28N3/c1-17(2)26-15-16-27(19(26)4)22-12-8-10-21(18(22)3)24-14-13-20-9-6-7-11-23(20)25(24)5/h6-17,19H,1-5H3/q+1/t19-/m1/s1. The van der Waals surface area contributed by atoms with Crippen LogP contribution in [0.5, 0.6) is 0 Å². The van der Waals surface area contributed by atoms with Crippen LogP contribution >= 0.6 is 0 Å². The van der Waals surface area contributed by atoms with Crippen LogP contribution in [0.15, 0.2) is 67.0 Å². The molecule has 0 saturated carbocycles. The molecular weight excluding hydrogens is 330 g/mol. The summed E-state index contributed by atoms with van der Waals surface area (Å²) in [6.45, 7) is 8.98. The van der Waals surface area contributed by atoms with Gasteiger partial charge < -0.3 is 9.80 Å². The molecule has 0 aliphatic carbocycles. The van der Waals surface area contributed by atoms with E-state index in [1.807, 2.05) is 0 Å². The van der Waals surface area contributed by atoms with Crippen LogP contribution in [0.2, 0.25) is 0 Å². The Morgan fingerprint density at radius 2 is 1.70 bits per heavy atom. The Balaban J connectivity index is 1.80. The molecule has 0 unspecified atom stereocenters. The fourth-order valence-electron chi connectivity index (χ4n) is 4.22. The molecule has 138 valence electrons. The first-order valence-corrected chi connectivity index (χ1v) is 9.71. The first kappa shape index (κ1) is 17.6. The van der Waals surface area contributed by atoms with Crippen LogP contribution in [0.25, 0.3) is 22.2 Å². The number of hydrogen-bond acceptors (Lipinski definition) is 2. The molecule has 2 heterocycles. The summed E-state index contributed by atoms with van der Waals surface area (Å²) in [6.07, 6.45) is 4.73. The third-order valence-corrected chi connectivity index (χ3v) is 5.77. The lowest BCUT2D eigenvalue weighted by molar-refractivity contribution is -0.633. The number of rotatable bonds is 3. The van der Waals surface area contributed by atoms with Gasteiger partial charge in [0.2, 0.25) is 11.2 Å². The largest absolute Gasteiger partial charge is 0.353 e. The van der Waals surface area contributed by atoms with E-state index >= 15 is 0 Å². The molecule has 1 aliphatic rings. The van der Waals surface area contributed by atoms with Gasteiger partial charge in [0.15, 0.2) is 0 Å². The fourth-order valence-corrected chi connectivity index (χ4v) is 4.22. The highest BCUT2D eigenvalue weighted by Gasteiger charge is 2.27. The second-order valence-corrected chi connectivity index (χ2v) is 7.66. The summed E-state index contributed by atoms with van der Waals surface area (Å²) < 4.78 is 2.30. The van der Waals surface area contributed by atoms with Crippen molar-refractivity contribution in [1.82, 2.24) is 4.90 Å². The second-order valence-electron chi connectivity index (χ2n) is 7.66. The Bertz CT molecular complexity index is 1020. The highest BCUT2D eigenvalue weighted by Crippen LogP contribution is 2.33. The number of nitrogens with zero attached hydrogens (tertiary/aromatic N) is 3. The molecular formula is C24H28N3+. The molecule has 0 N–H and O–H groups in total. The van der Waals surface area contributed by atoms with E-state index in [9.17, 15) is 0 Å². The Morgan fingerprint density at radius 3 is 2.44 bits per heavy atom. The van der Waals surface area contributed by atoms with E-state index in [0.29, 0.717) is 12.2 Å². The van der Waals surface area contributed by atoms with Gasteiger partial charge in [0.1, 0.15) is 13.2 Å². The van der Waals surface area contributed by atoms with E-state index < -0.39 is 0 Å². The summed E-state index contributed by atoms with van der Waals surface area (Å²) in [4.78, 5) is 4.77. The number of benzene rings is 2. The Labute approximate surface area is 162 Å². The molecule has 1 atom stereocenters. The van der Waals surface area contributed by atoms with Gasteiger partial charge >= 0.3 is 0 Å². The molecule has 0 saturated heterocycles. The van der Waals surface area contributed by atoms with Crippen molar-refractivity contribution in [3.8, 4) is 11.3 Å². The van der Waals surface area contributed by atoms with Crippen LogP contribution in [-0.2, 0) is 7.05 Å². The van der Waals surface area contributed by atoms with Crippen molar-refractivity contribution in [2.75, 3.05) is 4.90 Å². The van der Waals surface area contributed by atoms with E-state index in [2.05, 4.69) is 116 Å². The molecule has 0 spiro atoms. The van der Waals surface area contributed by atoms with Crippen molar-refractivity contribution in [3.63, 3.8) is 0 Å². The average Bonchev–Trinajstić information content (AvgIpc) is 3.04. The normalized spacial score (nSPS) is 16.7. The highest BCUT2D eigenvalue weighted by atomic mass is 15.4. The van der Waals surface area contributed by atoms with Gasteiger partial charge in [-0.3, -0.25) is 0 Å². The maximum absolute atomic E-state index is 2.39. The molecule has 0 radical (unpaired) electrons. The number of pyridine rings is 1. The van der Waals surface area contributed by atoms with Gasteiger partial charge in [-0.25, -0.2) is 0 Å². The number of anilines is 1. The summed E-state index contributed by atoms with van der Waals surface area (Å²) in [5.41, 5.74) is 6.35. The lowest BCUT2D eigenvalue weighted by Crippen LogP contribution is -2.39. The van der Waals surface area contributed by atoms with Crippen LogP contribution in [-0.4, -0.2) is 17.1 Å². The van der Waals surface area contributed by atoms with Gasteiger partial charge in [0.05, 0.1) is 5.56 Å². The zero-order chi connectivity index (χ0) is 19.1. The number of aromatic nitrogens is 1. The molecule has 3 heteroatoms. The fraction of sp³-hybridized carbons (Fsp3) is 0.292. The van der Waals surface area contributed by atoms with Crippen molar-refractivity contribution in [1.29, 1.82) is 0 Å². The quantitative estimate of drug-likeness (QED) is 0.611. The monoisotopic (exact) mass is 358 g/mol. The summed E-state index contributed by atoms with van der Waals surface area (Å²) >= 11 is 0. The maximum Gasteiger partial charge on any atom is 0.213 e. The van der Waals surface area contributed by atoms with Gasteiger partial charge in [0.25, 0.3) is 0 Å². The topological polar surface area (TPSA) is 10.4 Å². The van der Waals surface area contributed by atoms with Crippen LogP contribution in [0.4, 0.5) is 5.69 Å². The van der Waals surface area contributed by atoms with E-state index in [4.69, 9.17) is 0 Å². The Hall–Kier alpha value is -2.81. The van der Waals surface area contributed by atoms with Crippen LogP contribution < -0.4 is 9.47 Å². The van der Waals surface area contributed by atoms with Crippen molar-refractivity contribution in [2.45, 2.75) is 39.9 Å². The zero-order valence-corrected chi connectivity index (χ0v) is 16.8. The van der Waals surface area contributed by atoms with Gasteiger partial charge in [-0.15, -0.1) is 0 Å². The van der Waals surface area contributed by atoms with Gasteiger partial charge in [-0.2, -0.15) is 4.57 Å². The highest BCUT2D eigenvalue weighted by molar-refractivity contribution is 5.79. The number of para-hydroxylation sites is 1. The van der Waals surface area contributed by atoms with Crippen molar-refractivity contribution in [3.05, 3.63) is 72.6 Å². The van der Waals surface area contributed by atoms with Crippen molar-refractivity contribution < 1.29 is 4.57 Å². The molecule has 1 aliphatic heterocycles. The van der Waals surface area contributed by atoms with Gasteiger partial charge in [-0.1, -0.05) is 18.2 Å². The van der Waals surface area contributed by atoms with E-state index in [1.165, 1.54) is 33.4 Å². The van der Waals surface area contributed by atoms with Gasteiger partial charge in [0, 0.05) is 41.6 Å². The molecule has 3 aromatic rings. The molecule has 0 amide bonds. The zero-order valence-electron chi connectivity index (χ0n) is 16.8. The minimum absolute atomic E-state index is 0.323. The summed E-state index contributed by atoms with van der Waals surface area (Å²) in [6, 6.07) is 20.1.